The average Bonchev–Trinajstić information content (AvgIpc) is 2.68. The SMILES string of the molecule is CN(c1ncc(C(=O)O)cc1N)C1CCS(=O)(=O)C1. The van der Waals surface area contributed by atoms with E-state index < -0.39 is 15.8 Å². The van der Waals surface area contributed by atoms with Gasteiger partial charge in [0, 0.05) is 19.3 Å². The molecule has 0 aromatic carbocycles. The topological polar surface area (TPSA) is 114 Å². The number of anilines is 2. The number of hydrogen-bond donors (Lipinski definition) is 2. The zero-order valence-electron chi connectivity index (χ0n) is 10.4. The number of carboxylic acid groups (broad SMARTS) is 1. The summed E-state index contributed by atoms with van der Waals surface area (Å²) in [5.41, 5.74) is 6.01. The molecule has 1 saturated heterocycles. The fourth-order valence-electron chi connectivity index (χ4n) is 2.14. The summed E-state index contributed by atoms with van der Waals surface area (Å²) in [6.45, 7) is 0. The predicted molar refractivity (Wildman–Crippen MR) is 71.1 cm³/mol. The molecule has 7 nitrogen and oxygen atoms in total. The Bertz CT molecular complexity index is 614. The fraction of sp³-hybridized carbons (Fsp3) is 0.455. The highest BCUT2D eigenvalue weighted by Gasteiger charge is 2.31. The largest absolute Gasteiger partial charge is 0.478 e. The van der Waals surface area contributed by atoms with Crippen LogP contribution in [0.2, 0.25) is 0 Å². The Balaban J connectivity index is 2.25. The van der Waals surface area contributed by atoms with E-state index in [0.29, 0.717) is 12.2 Å². The molecule has 19 heavy (non-hydrogen) atoms. The zero-order valence-corrected chi connectivity index (χ0v) is 11.2. The highest BCUT2D eigenvalue weighted by molar-refractivity contribution is 7.91. The van der Waals surface area contributed by atoms with Crippen LogP contribution in [0.5, 0.6) is 0 Å². The number of nitrogens with zero attached hydrogens (tertiary/aromatic N) is 2. The van der Waals surface area contributed by atoms with Crippen molar-refractivity contribution < 1.29 is 18.3 Å². The second kappa shape index (κ2) is 4.69. The second-order valence-corrected chi connectivity index (χ2v) is 6.84. The highest BCUT2D eigenvalue weighted by Crippen LogP contribution is 2.26. The Hall–Kier alpha value is -1.83. The smallest absolute Gasteiger partial charge is 0.337 e. The van der Waals surface area contributed by atoms with Gasteiger partial charge in [-0.15, -0.1) is 0 Å². The minimum atomic E-state index is -2.99. The van der Waals surface area contributed by atoms with Gasteiger partial charge in [-0.2, -0.15) is 0 Å². The van der Waals surface area contributed by atoms with Crippen LogP contribution in [0.3, 0.4) is 0 Å². The maximum Gasteiger partial charge on any atom is 0.337 e. The molecule has 0 spiro atoms. The molecule has 1 aliphatic heterocycles. The summed E-state index contributed by atoms with van der Waals surface area (Å²) in [7, 11) is -1.27. The first kappa shape index (κ1) is 13.6. The predicted octanol–water partition coefficient (Wildman–Crippen LogP) is -0.0147. The minimum Gasteiger partial charge on any atom is -0.478 e. The summed E-state index contributed by atoms with van der Waals surface area (Å²) in [6.07, 6.45) is 1.74. The molecule has 1 aliphatic rings. The van der Waals surface area contributed by atoms with Gasteiger partial charge < -0.3 is 15.7 Å². The Morgan fingerprint density at radius 2 is 2.26 bits per heavy atom. The summed E-state index contributed by atoms with van der Waals surface area (Å²) in [4.78, 5) is 16.5. The Labute approximate surface area is 111 Å². The van der Waals surface area contributed by atoms with Gasteiger partial charge in [-0.05, 0) is 12.5 Å². The lowest BCUT2D eigenvalue weighted by Gasteiger charge is -2.25. The van der Waals surface area contributed by atoms with Gasteiger partial charge in [0.05, 0.1) is 22.8 Å². The lowest BCUT2D eigenvalue weighted by molar-refractivity contribution is 0.0696. The molecule has 0 aliphatic carbocycles. The number of pyridine rings is 1. The van der Waals surface area contributed by atoms with Crippen LogP contribution in [-0.4, -0.2) is 49.1 Å². The Morgan fingerprint density at radius 1 is 1.58 bits per heavy atom. The number of rotatable bonds is 3. The number of carbonyl (C=O) groups is 1. The second-order valence-electron chi connectivity index (χ2n) is 4.61. The molecule has 0 radical (unpaired) electrons. The van der Waals surface area contributed by atoms with Crippen LogP contribution in [0.15, 0.2) is 12.3 Å². The number of nitrogen functional groups attached to an aromatic ring is 1. The van der Waals surface area contributed by atoms with Crippen LogP contribution >= 0.6 is 0 Å². The third-order valence-corrected chi connectivity index (χ3v) is 4.98. The lowest BCUT2D eigenvalue weighted by Crippen LogP contribution is -2.33. The molecule has 0 amide bonds. The van der Waals surface area contributed by atoms with Crippen LogP contribution in [0.1, 0.15) is 16.8 Å². The van der Waals surface area contributed by atoms with Gasteiger partial charge in [0.15, 0.2) is 15.7 Å². The molecule has 1 aromatic heterocycles. The lowest BCUT2D eigenvalue weighted by atomic mass is 10.2. The van der Waals surface area contributed by atoms with Crippen molar-refractivity contribution in [3.63, 3.8) is 0 Å². The Morgan fingerprint density at radius 3 is 2.74 bits per heavy atom. The van der Waals surface area contributed by atoms with Gasteiger partial charge in [-0.3, -0.25) is 0 Å². The molecule has 0 saturated carbocycles. The highest BCUT2D eigenvalue weighted by atomic mass is 32.2. The van der Waals surface area contributed by atoms with E-state index in [0.717, 1.165) is 0 Å². The van der Waals surface area contributed by atoms with Crippen LogP contribution in [0, 0.1) is 0 Å². The minimum absolute atomic E-state index is 0.00805. The monoisotopic (exact) mass is 285 g/mol. The van der Waals surface area contributed by atoms with Crippen LogP contribution in [0.25, 0.3) is 0 Å². The van der Waals surface area contributed by atoms with Gasteiger partial charge >= 0.3 is 5.97 Å². The van der Waals surface area contributed by atoms with Crippen LogP contribution in [0.4, 0.5) is 11.5 Å². The molecule has 8 heteroatoms. The standard InChI is InChI=1S/C11H15N3O4S/c1-14(8-2-3-19(17,18)6-8)10-9(12)4-7(5-13-10)11(15)16/h4-5,8H,2-3,6,12H2,1H3,(H,15,16). The van der Waals surface area contributed by atoms with Gasteiger partial charge in [0.1, 0.15) is 0 Å². The maximum absolute atomic E-state index is 11.4. The van der Waals surface area contributed by atoms with E-state index in [-0.39, 0.29) is 28.8 Å². The summed E-state index contributed by atoms with van der Waals surface area (Å²) < 4.78 is 22.9. The third-order valence-electron chi connectivity index (χ3n) is 3.23. The van der Waals surface area contributed by atoms with Crippen molar-refractivity contribution in [3.8, 4) is 0 Å². The van der Waals surface area contributed by atoms with Crippen molar-refractivity contribution in [2.45, 2.75) is 12.5 Å². The molecule has 1 aromatic rings. The molecule has 2 heterocycles. The first-order valence-corrected chi connectivity index (χ1v) is 7.54. The molecule has 3 N–H and O–H groups in total. The molecule has 1 fully saturated rings. The fourth-order valence-corrected chi connectivity index (χ4v) is 3.91. The van der Waals surface area contributed by atoms with Gasteiger partial charge in [-0.25, -0.2) is 18.2 Å². The summed E-state index contributed by atoms with van der Waals surface area (Å²) in [5, 5.41) is 8.83. The van der Waals surface area contributed by atoms with E-state index >= 15 is 0 Å². The summed E-state index contributed by atoms with van der Waals surface area (Å²) >= 11 is 0. The normalized spacial score (nSPS) is 21.2. The van der Waals surface area contributed by atoms with Crippen molar-refractivity contribution in [2.75, 3.05) is 29.2 Å². The van der Waals surface area contributed by atoms with E-state index in [1.165, 1.54) is 12.3 Å². The van der Waals surface area contributed by atoms with E-state index in [1.54, 1.807) is 11.9 Å². The Kier molecular flexibility index (Phi) is 3.36. The van der Waals surface area contributed by atoms with Crippen molar-refractivity contribution in [1.29, 1.82) is 0 Å². The molecule has 104 valence electrons. The molecule has 2 rings (SSSR count). The number of sulfone groups is 1. The van der Waals surface area contributed by atoms with Crippen molar-refractivity contribution in [1.82, 2.24) is 4.98 Å². The zero-order chi connectivity index (χ0) is 14.2. The number of carboxylic acids is 1. The molecule has 1 unspecified atom stereocenters. The number of nitrogens with two attached hydrogens (primary N) is 1. The van der Waals surface area contributed by atoms with E-state index in [9.17, 15) is 13.2 Å². The number of aromatic nitrogens is 1. The summed E-state index contributed by atoms with van der Waals surface area (Å²) in [5.74, 6) is -0.454. The van der Waals surface area contributed by atoms with E-state index in [2.05, 4.69) is 4.98 Å². The molecular formula is C11H15N3O4S. The van der Waals surface area contributed by atoms with E-state index in [1.807, 2.05) is 0 Å². The van der Waals surface area contributed by atoms with Crippen molar-refractivity contribution in [2.24, 2.45) is 0 Å². The molecular weight excluding hydrogens is 270 g/mol. The molecule has 1 atom stereocenters. The van der Waals surface area contributed by atoms with Gasteiger partial charge in [0.2, 0.25) is 0 Å². The first-order chi connectivity index (χ1) is 8.80. The molecule has 0 bridgehead atoms. The van der Waals surface area contributed by atoms with Gasteiger partial charge in [0.25, 0.3) is 0 Å². The van der Waals surface area contributed by atoms with Gasteiger partial charge in [-0.1, -0.05) is 0 Å². The van der Waals surface area contributed by atoms with Crippen molar-refractivity contribution in [3.05, 3.63) is 17.8 Å². The van der Waals surface area contributed by atoms with Crippen molar-refractivity contribution >= 4 is 27.3 Å². The maximum atomic E-state index is 11.4. The number of aromatic carboxylic acids is 1. The summed E-state index contributed by atoms with van der Waals surface area (Å²) in [6, 6.07) is 1.15. The van der Waals surface area contributed by atoms with Crippen LogP contribution in [-0.2, 0) is 9.84 Å². The quantitative estimate of drug-likeness (QED) is 0.802. The average molecular weight is 285 g/mol. The third kappa shape index (κ3) is 2.78. The van der Waals surface area contributed by atoms with E-state index in [4.69, 9.17) is 10.8 Å². The number of hydrogen-bond acceptors (Lipinski definition) is 6. The van der Waals surface area contributed by atoms with Crippen LogP contribution < -0.4 is 10.6 Å². The first-order valence-electron chi connectivity index (χ1n) is 5.72.